The fourth-order valence-corrected chi connectivity index (χ4v) is 4.91. The number of ether oxygens (including phenoxy) is 1. The third-order valence-electron chi connectivity index (χ3n) is 5.11. The molecule has 0 aliphatic carbocycles. The second-order valence-electron chi connectivity index (χ2n) is 7.68. The first kappa shape index (κ1) is 21.2. The Balaban J connectivity index is 1.80. The van der Waals surface area contributed by atoms with Gasteiger partial charge in [-0.3, -0.25) is 9.10 Å². The molecule has 156 valence electrons. The van der Waals surface area contributed by atoms with Crippen molar-refractivity contribution in [1.29, 1.82) is 0 Å². The van der Waals surface area contributed by atoms with Crippen LogP contribution in [0.25, 0.3) is 0 Å². The minimum Gasteiger partial charge on any atom is -0.457 e. The Morgan fingerprint density at radius 1 is 1.10 bits per heavy atom. The van der Waals surface area contributed by atoms with Crippen LogP contribution in [0.1, 0.15) is 26.7 Å². The van der Waals surface area contributed by atoms with Gasteiger partial charge < -0.3 is 9.64 Å². The molecule has 0 saturated carbocycles. The summed E-state index contributed by atoms with van der Waals surface area (Å²) in [6.45, 7) is 5.11. The highest BCUT2D eigenvalue weighted by Crippen LogP contribution is 2.28. The van der Waals surface area contributed by atoms with Crippen molar-refractivity contribution >= 4 is 21.6 Å². The number of likely N-dealkylation sites (tertiary alicyclic amines) is 1. The van der Waals surface area contributed by atoms with Crippen LogP contribution < -0.4 is 9.04 Å². The molecule has 0 N–H and O–H groups in total. The van der Waals surface area contributed by atoms with Gasteiger partial charge in [0.1, 0.15) is 17.5 Å². The normalized spacial score (nSPS) is 18.2. The molecular formula is C22H28N2O4S. The Bertz CT molecular complexity index is 929. The summed E-state index contributed by atoms with van der Waals surface area (Å²) in [5.41, 5.74) is 0.443. The lowest BCUT2D eigenvalue weighted by molar-refractivity contribution is -0.133. The molecular weight excluding hydrogens is 388 g/mol. The molecule has 0 aromatic heterocycles. The summed E-state index contributed by atoms with van der Waals surface area (Å²) in [5.74, 6) is 1.56. The van der Waals surface area contributed by atoms with E-state index in [0.717, 1.165) is 19.1 Å². The predicted molar refractivity (Wildman–Crippen MR) is 115 cm³/mol. The predicted octanol–water partition coefficient (Wildman–Crippen LogP) is 3.89. The van der Waals surface area contributed by atoms with Gasteiger partial charge in [-0.2, -0.15) is 0 Å². The van der Waals surface area contributed by atoms with E-state index in [1.807, 2.05) is 30.3 Å². The second kappa shape index (κ2) is 8.86. The first-order valence-corrected chi connectivity index (χ1v) is 11.7. The van der Waals surface area contributed by atoms with Crippen molar-refractivity contribution in [2.45, 2.75) is 32.7 Å². The van der Waals surface area contributed by atoms with Gasteiger partial charge in [-0.05, 0) is 62.1 Å². The SMILES string of the molecule is C[C@H]1CCCN(C(=O)[C@H](C)N(c2ccc(Oc3ccccc3)cc2)S(C)(=O)=O)C1. The molecule has 6 nitrogen and oxygen atoms in total. The van der Waals surface area contributed by atoms with E-state index < -0.39 is 16.1 Å². The lowest BCUT2D eigenvalue weighted by atomic mass is 10.00. The van der Waals surface area contributed by atoms with E-state index in [4.69, 9.17) is 4.74 Å². The van der Waals surface area contributed by atoms with Gasteiger partial charge in [0, 0.05) is 13.1 Å². The average Bonchev–Trinajstić information content (AvgIpc) is 2.68. The zero-order valence-corrected chi connectivity index (χ0v) is 17.9. The molecule has 0 unspecified atom stereocenters. The summed E-state index contributed by atoms with van der Waals surface area (Å²) < 4.78 is 32.0. The number of sulfonamides is 1. The molecule has 29 heavy (non-hydrogen) atoms. The number of benzene rings is 2. The minimum atomic E-state index is -3.64. The lowest BCUT2D eigenvalue weighted by Crippen LogP contribution is -2.51. The molecule has 7 heteroatoms. The topological polar surface area (TPSA) is 66.9 Å². The molecule has 1 amide bonds. The molecule has 0 radical (unpaired) electrons. The number of piperidine rings is 1. The molecule has 0 spiro atoms. The van der Waals surface area contributed by atoms with Gasteiger partial charge in [-0.15, -0.1) is 0 Å². The Labute approximate surface area is 173 Å². The van der Waals surface area contributed by atoms with E-state index in [-0.39, 0.29) is 5.91 Å². The standard InChI is InChI=1S/C22H28N2O4S/c1-17-8-7-15-23(16-17)22(25)18(2)24(29(3,26)27)19-11-13-21(14-12-19)28-20-9-5-4-6-10-20/h4-6,9-14,17-18H,7-8,15-16H2,1-3H3/t17-,18-/m0/s1. The Morgan fingerprint density at radius 3 is 2.31 bits per heavy atom. The van der Waals surface area contributed by atoms with Crippen molar-refractivity contribution in [3.8, 4) is 11.5 Å². The third kappa shape index (κ3) is 5.29. The molecule has 1 aliphatic rings. The van der Waals surface area contributed by atoms with E-state index >= 15 is 0 Å². The number of hydrogen-bond acceptors (Lipinski definition) is 4. The summed E-state index contributed by atoms with van der Waals surface area (Å²) in [5, 5.41) is 0. The van der Waals surface area contributed by atoms with Crippen LogP contribution in [-0.2, 0) is 14.8 Å². The van der Waals surface area contributed by atoms with Gasteiger partial charge >= 0.3 is 0 Å². The van der Waals surface area contributed by atoms with Crippen LogP contribution >= 0.6 is 0 Å². The number of amides is 1. The molecule has 1 heterocycles. The molecule has 0 bridgehead atoms. The van der Waals surface area contributed by atoms with Crippen LogP contribution in [0.5, 0.6) is 11.5 Å². The van der Waals surface area contributed by atoms with E-state index in [0.29, 0.717) is 36.2 Å². The fraction of sp³-hybridized carbons (Fsp3) is 0.409. The fourth-order valence-electron chi connectivity index (χ4n) is 3.74. The summed E-state index contributed by atoms with van der Waals surface area (Å²) in [6, 6.07) is 15.3. The van der Waals surface area contributed by atoms with Crippen LogP contribution in [-0.4, -0.2) is 44.6 Å². The van der Waals surface area contributed by atoms with Crippen molar-refractivity contribution < 1.29 is 17.9 Å². The van der Waals surface area contributed by atoms with Gasteiger partial charge in [0.25, 0.3) is 0 Å². The van der Waals surface area contributed by atoms with Gasteiger partial charge in [0.15, 0.2) is 0 Å². The molecule has 1 saturated heterocycles. The van der Waals surface area contributed by atoms with Crippen LogP contribution in [0.3, 0.4) is 0 Å². The number of para-hydroxylation sites is 1. The van der Waals surface area contributed by atoms with Crippen molar-refractivity contribution in [3.05, 3.63) is 54.6 Å². The smallest absolute Gasteiger partial charge is 0.246 e. The van der Waals surface area contributed by atoms with Crippen molar-refractivity contribution in [3.63, 3.8) is 0 Å². The highest BCUT2D eigenvalue weighted by Gasteiger charge is 2.33. The van der Waals surface area contributed by atoms with Crippen LogP contribution in [0, 0.1) is 5.92 Å². The van der Waals surface area contributed by atoms with Gasteiger partial charge in [-0.1, -0.05) is 25.1 Å². The van der Waals surface area contributed by atoms with E-state index in [9.17, 15) is 13.2 Å². The average molecular weight is 417 g/mol. The number of rotatable bonds is 6. The Hall–Kier alpha value is -2.54. The van der Waals surface area contributed by atoms with Crippen LogP contribution in [0.15, 0.2) is 54.6 Å². The third-order valence-corrected chi connectivity index (χ3v) is 6.35. The largest absolute Gasteiger partial charge is 0.457 e. The van der Waals surface area contributed by atoms with Crippen molar-refractivity contribution in [2.75, 3.05) is 23.7 Å². The maximum atomic E-state index is 13.0. The molecule has 2 aromatic carbocycles. The monoisotopic (exact) mass is 416 g/mol. The van der Waals surface area contributed by atoms with Gasteiger partial charge in [0.05, 0.1) is 11.9 Å². The summed E-state index contributed by atoms with van der Waals surface area (Å²) in [7, 11) is -3.64. The van der Waals surface area contributed by atoms with Gasteiger partial charge in [-0.25, -0.2) is 8.42 Å². The second-order valence-corrected chi connectivity index (χ2v) is 9.53. The summed E-state index contributed by atoms with van der Waals surface area (Å²) in [6.07, 6.45) is 3.17. The number of carbonyl (C=O) groups is 1. The number of nitrogens with zero attached hydrogens (tertiary/aromatic N) is 2. The zero-order chi connectivity index (χ0) is 21.0. The van der Waals surface area contributed by atoms with Crippen LogP contribution in [0.2, 0.25) is 0 Å². The maximum absolute atomic E-state index is 13.0. The zero-order valence-electron chi connectivity index (χ0n) is 17.1. The van der Waals surface area contributed by atoms with E-state index in [2.05, 4.69) is 6.92 Å². The quantitative estimate of drug-likeness (QED) is 0.716. The number of hydrogen-bond donors (Lipinski definition) is 0. The summed E-state index contributed by atoms with van der Waals surface area (Å²) >= 11 is 0. The summed E-state index contributed by atoms with van der Waals surface area (Å²) in [4.78, 5) is 14.8. The van der Waals surface area contributed by atoms with E-state index in [1.165, 1.54) is 4.31 Å². The highest BCUT2D eigenvalue weighted by atomic mass is 32.2. The molecule has 1 aliphatic heterocycles. The minimum absolute atomic E-state index is 0.161. The maximum Gasteiger partial charge on any atom is 0.246 e. The molecule has 2 atom stereocenters. The van der Waals surface area contributed by atoms with Crippen molar-refractivity contribution in [1.82, 2.24) is 4.90 Å². The molecule has 1 fully saturated rings. The first-order chi connectivity index (χ1) is 13.8. The van der Waals surface area contributed by atoms with Crippen LogP contribution in [0.4, 0.5) is 5.69 Å². The van der Waals surface area contributed by atoms with Gasteiger partial charge in [0.2, 0.25) is 15.9 Å². The van der Waals surface area contributed by atoms with Crippen molar-refractivity contribution in [2.24, 2.45) is 5.92 Å². The lowest BCUT2D eigenvalue weighted by Gasteiger charge is -2.36. The molecule has 2 aromatic rings. The number of anilines is 1. The first-order valence-electron chi connectivity index (χ1n) is 9.87. The van der Waals surface area contributed by atoms with E-state index in [1.54, 1.807) is 36.1 Å². The highest BCUT2D eigenvalue weighted by molar-refractivity contribution is 7.92. The Kier molecular flexibility index (Phi) is 6.47. The number of carbonyl (C=O) groups excluding carboxylic acids is 1. The Morgan fingerprint density at radius 2 is 1.72 bits per heavy atom. The molecule has 3 rings (SSSR count).